The van der Waals surface area contributed by atoms with Gasteiger partial charge in [0.1, 0.15) is 5.75 Å². The van der Waals surface area contributed by atoms with Gasteiger partial charge in [0.05, 0.1) is 12.0 Å². The fourth-order valence-electron chi connectivity index (χ4n) is 2.16. The number of hydrogen-bond acceptors (Lipinski definition) is 4. The summed E-state index contributed by atoms with van der Waals surface area (Å²) in [5.74, 6) is -2.42. The Hall–Kier alpha value is -3.02. The molecule has 0 atom stereocenters. The number of aromatic hydroxyl groups is 1. The number of carboxylic acid groups (broad SMARTS) is 2. The number of aromatic carboxylic acids is 1. The largest absolute Gasteiger partial charge is 0.507 e. The van der Waals surface area contributed by atoms with E-state index in [0.717, 1.165) is 0 Å². The molecule has 2 rings (SSSR count). The topological polar surface area (TPSA) is 121 Å². The van der Waals surface area contributed by atoms with E-state index in [1.165, 1.54) is 36.4 Å². The van der Waals surface area contributed by atoms with Crippen LogP contribution in [-0.4, -0.2) is 27.3 Å². The molecule has 0 aliphatic rings. The van der Waals surface area contributed by atoms with Crippen LogP contribution in [0.3, 0.4) is 0 Å². The molecule has 0 aliphatic heterocycles. The smallest absolute Gasteiger partial charge is 0.336 e. The quantitative estimate of drug-likeness (QED) is 0.638. The molecule has 0 aromatic heterocycles. The Labute approximate surface area is 120 Å². The summed E-state index contributed by atoms with van der Waals surface area (Å²) in [4.78, 5) is 22.0. The Kier molecular flexibility index (Phi) is 3.80. The lowest BCUT2D eigenvalue weighted by Gasteiger charge is -2.11. The van der Waals surface area contributed by atoms with Crippen molar-refractivity contribution in [3.05, 3.63) is 47.5 Å². The first-order valence-corrected chi connectivity index (χ1v) is 6.05. The molecule has 0 heterocycles. The van der Waals surface area contributed by atoms with Gasteiger partial charge < -0.3 is 21.1 Å². The average Bonchev–Trinajstić information content (AvgIpc) is 2.36. The Morgan fingerprint density at radius 2 is 1.81 bits per heavy atom. The molecule has 108 valence electrons. The molecule has 0 unspecified atom stereocenters. The van der Waals surface area contributed by atoms with Crippen molar-refractivity contribution in [2.75, 3.05) is 5.73 Å². The Bertz CT molecular complexity index is 724. The lowest BCUT2D eigenvalue weighted by Crippen LogP contribution is -2.03. The number of carbonyl (C=O) groups is 2. The molecule has 0 fully saturated rings. The second-order valence-corrected chi connectivity index (χ2v) is 4.54. The second kappa shape index (κ2) is 5.54. The number of nitrogen functional groups attached to an aromatic ring is 1. The Morgan fingerprint density at radius 1 is 1.10 bits per heavy atom. The first kappa shape index (κ1) is 14.4. The number of rotatable bonds is 4. The first-order chi connectivity index (χ1) is 9.88. The summed E-state index contributed by atoms with van der Waals surface area (Å²) in [6.45, 7) is 0. The van der Waals surface area contributed by atoms with E-state index in [1.807, 2.05) is 0 Å². The second-order valence-electron chi connectivity index (χ2n) is 4.54. The van der Waals surface area contributed by atoms with Crippen LogP contribution in [0.4, 0.5) is 5.69 Å². The predicted octanol–water partition coefficient (Wildman–Crippen LogP) is 1.97. The van der Waals surface area contributed by atoms with Crippen LogP contribution >= 0.6 is 0 Å². The van der Waals surface area contributed by atoms with Gasteiger partial charge in [-0.1, -0.05) is 12.1 Å². The zero-order valence-electron chi connectivity index (χ0n) is 10.9. The van der Waals surface area contributed by atoms with Gasteiger partial charge in [0.25, 0.3) is 0 Å². The number of aliphatic carboxylic acids is 1. The summed E-state index contributed by atoms with van der Waals surface area (Å²) in [5.41, 5.74) is 6.85. The first-order valence-electron chi connectivity index (χ1n) is 6.05. The molecule has 0 amide bonds. The number of hydrogen-bond donors (Lipinski definition) is 4. The maximum absolute atomic E-state index is 11.3. The third-order valence-electron chi connectivity index (χ3n) is 2.93. The van der Waals surface area contributed by atoms with E-state index < -0.39 is 11.9 Å². The fraction of sp³-hybridized carbons (Fsp3) is 0.0667. The summed E-state index contributed by atoms with van der Waals surface area (Å²) in [6, 6.07) is 8.64. The summed E-state index contributed by atoms with van der Waals surface area (Å²) in [7, 11) is 0. The maximum Gasteiger partial charge on any atom is 0.336 e. The average molecular weight is 287 g/mol. The van der Waals surface area contributed by atoms with Gasteiger partial charge in [-0.15, -0.1) is 0 Å². The van der Waals surface area contributed by atoms with Crippen LogP contribution in [-0.2, 0) is 11.2 Å². The molecule has 0 aliphatic carbocycles. The molecule has 21 heavy (non-hydrogen) atoms. The van der Waals surface area contributed by atoms with Crippen LogP contribution in [0, 0.1) is 0 Å². The molecule has 0 saturated carbocycles. The summed E-state index contributed by atoms with van der Waals surface area (Å²) >= 11 is 0. The lowest BCUT2D eigenvalue weighted by atomic mass is 9.95. The number of carboxylic acids is 2. The number of anilines is 1. The van der Waals surface area contributed by atoms with Crippen molar-refractivity contribution >= 4 is 17.6 Å². The molecular weight excluding hydrogens is 274 g/mol. The molecule has 2 aromatic rings. The molecule has 6 nitrogen and oxygen atoms in total. The molecule has 0 bridgehead atoms. The predicted molar refractivity (Wildman–Crippen MR) is 76.3 cm³/mol. The normalized spacial score (nSPS) is 10.3. The monoisotopic (exact) mass is 287 g/mol. The van der Waals surface area contributed by atoms with Crippen LogP contribution in [0.5, 0.6) is 5.75 Å². The summed E-state index contributed by atoms with van der Waals surface area (Å²) in [6.07, 6.45) is -0.242. The molecule has 0 spiro atoms. The van der Waals surface area contributed by atoms with Crippen LogP contribution in [0.1, 0.15) is 15.9 Å². The van der Waals surface area contributed by atoms with E-state index in [9.17, 15) is 19.8 Å². The van der Waals surface area contributed by atoms with Crippen molar-refractivity contribution in [3.63, 3.8) is 0 Å². The van der Waals surface area contributed by atoms with E-state index >= 15 is 0 Å². The zero-order chi connectivity index (χ0) is 15.6. The minimum atomic E-state index is -1.19. The highest BCUT2D eigenvalue weighted by atomic mass is 16.4. The van der Waals surface area contributed by atoms with Crippen molar-refractivity contribution < 1.29 is 24.9 Å². The van der Waals surface area contributed by atoms with Crippen LogP contribution in [0.2, 0.25) is 0 Å². The molecule has 2 aromatic carbocycles. The lowest BCUT2D eigenvalue weighted by molar-refractivity contribution is -0.136. The molecule has 6 heteroatoms. The molecule has 0 radical (unpaired) electrons. The summed E-state index contributed by atoms with van der Waals surface area (Å²) in [5, 5.41) is 28.0. The van der Waals surface area contributed by atoms with Crippen LogP contribution < -0.4 is 5.73 Å². The Balaban J connectivity index is 2.64. The van der Waals surface area contributed by atoms with E-state index in [-0.39, 0.29) is 23.3 Å². The van der Waals surface area contributed by atoms with E-state index in [4.69, 9.17) is 10.8 Å². The van der Waals surface area contributed by atoms with Gasteiger partial charge in [-0.3, -0.25) is 4.79 Å². The van der Waals surface area contributed by atoms with Crippen molar-refractivity contribution in [2.24, 2.45) is 0 Å². The number of benzene rings is 2. The van der Waals surface area contributed by atoms with Crippen molar-refractivity contribution in [2.45, 2.75) is 6.42 Å². The molecular formula is C15H13NO5. The molecule has 5 N–H and O–H groups in total. The third-order valence-corrected chi connectivity index (χ3v) is 2.93. The SMILES string of the molecule is Nc1cc(CC(=O)O)cc(-c2c(O)cccc2C(=O)O)c1. The van der Waals surface area contributed by atoms with E-state index in [2.05, 4.69) is 0 Å². The number of nitrogens with two attached hydrogens (primary N) is 1. The van der Waals surface area contributed by atoms with E-state index in [1.54, 1.807) is 0 Å². The van der Waals surface area contributed by atoms with Gasteiger partial charge in [-0.05, 0) is 35.4 Å². The van der Waals surface area contributed by atoms with Crippen molar-refractivity contribution in [1.29, 1.82) is 0 Å². The number of phenolic OH excluding ortho intramolecular Hbond substituents is 1. The fourth-order valence-corrected chi connectivity index (χ4v) is 2.16. The third kappa shape index (κ3) is 3.11. The van der Waals surface area contributed by atoms with Crippen LogP contribution in [0.25, 0.3) is 11.1 Å². The highest BCUT2D eigenvalue weighted by Gasteiger charge is 2.16. The summed E-state index contributed by atoms with van der Waals surface area (Å²) < 4.78 is 0. The zero-order valence-corrected chi connectivity index (χ0v) is 10.9. The minimum Gasteiger partial charge on any atom is -0.507 e. The van der Waals surface area contributed by atoms with Gasteiger partial charge >= 0.3 is 11.9 Å². The number of phenols is 1. The van der Waals surface area contributed by atoms with Gasteiger partial charge in [-0.2, -0.15) is 0 Å². The Morgan fingerprint density at radius 3 is 2.43 bits per heavy atom. The van der Waals surface area contributed by atoms with Gasteiger partial charge in [0, 0.05) is 11.3 Å². The molecule has 0 saturated heterocycles. The van der Waals surface area contributed by atoms with E-state index in [0.29, 0.717) is 16.8 Å². The standard InChI is InChI=1S/C15H13NO5/c16-10-5-8(6-13(18)19)4-9(7-10)14-11(15(20)21)2-1-3-12(14)17/h1-5,7,17H,6,16H2,(H,18,19)(H,20,21). The van der Waals surface area contributed by atoms with Crippen molar-refractivity contribution in [1.82, 2.24) is 0 Å². The highest BCUT2D eigenvalue weighted by molar-refractivity contribution is 5.98. The highest BCUT2D eigenvalue weighted by Crippen LogP contribution is 2.34. The maximum atomic E-state index is 11.3. The minimum absolute atomic E-state index is 0.0816. The van der Waals surface area contributed by atoms with Crippen molar-refractivity contribution in [3.8, 4) is 16.9 Å². The van der Waals surface area contributed by atoms with Gasteiger partial charge in [0.15, 0.2) is 0 Å². The van der Waals surface area contributed by atoms with Crippen LogP contribution in [0.15, 0.2) is 36.4 Å². The van der Waals surface area contributed by atoms with Gasteiger partial charge in [-0.25, -0.2) is 4.79 Å². The van der Waals surface area contributed by atoms with Gasteiger partial charge in [0.2, 0.25) is 0 Å².